The maximum Gasteiger partial charge on any atom is 0 e. The minimum Gasteiger partial charge on any atom is -0.270 e. The average molecular weight is 141 g/mol. The second-order valence-electron chi connectivity index (χ2n) is 1.89. The van der Waals surface area contributed by atoms with Crippen LogP contribution < -0.4 is 0 Å². The number of hydrogen-bond donors (Lipinski definition) is 0. The second kappa shape index (κ2) is 3.27. The number of rotatable bonds is 0. The maximum atomic E-state index is 3.19. The van der Waals surface area contributed by atoms with E-state index in [1.807, 2.05) is 0 Å². The van der Waals surface area contributed by atoms with Crippen LogP contribution in [-0.4, -0.2) is 0 Å². The first-order chi connectivity index (χ1) is 3.30. The van der Waals surface area contributed by atoms with Crippen LogP contribution in [0.25, 0.3) is 0 Å². The van der Waals surface area contributed by atoms with Crippen LogP contribution in [0.2, 0.25) is 0 Å². The molecule has 0 spiro atoms. The molecule has 0 bridgehead atoms. The van der Waals surface area contributed by atoms with Crippen LogP contribution in [0.1, 0.15) is 20.3 Å². The molecule has 0 nitrogen and oxygen atoms in total. The van der Waals surface area contributed by atoms with E-state index >= 15 is 0 Å². The molecule has 0 aliphatic heterocycles. The Labute approximate surface area is 65.6 Å². The van der Waals surface area contributed by atoms with Crippen molar-refractivity contribution in [3.05, 3.63) is 23.3 Å². The van der Waals surface area contributed by atoms with Gasteiger partial charge in [-0.25, -0.2) is 11.1 Å². The molecule has 1 aliphatic rings. The number of hydrogen-bond acceptors (Lipinski definition) is 0. The summed E-state index contributed by atoms with van der Waals surface area (Å²) >= 11 is 0. The number of allylic oxidation sites excluding steroid dienone is 4. The predicted molar refractivity (Wildman–Crippen MR) is 30.8 cm³/mol. The standard InChI is InChI=1S/C7H9.Ti/c1-6-4-3-5-7(6)2;/h4H,3H2,1-2H3;/q-1;. The Morgan fingerprint density at radius 1 is 1.50 bits per heavy atom. The first-order valence-electron chi connectivity index (χ1n) is 2.55. The Morgan fingerprint density at radius 3 is 2.25 bits per heavy atom. The second-order valence-corrected chi connectivity index (χ2v) is 1.89. The summed E-state index contributed by atoms with van der Waals surface area (Å²) in [5.74, 6) is 0. The Hall–Kier alpha value is 0.194. The van der Waals surface area contributed by atoms with Gasteiger partial charge in [-0.3, -0.25) is 6.08 Å². The van der Waals surface area contributed by atoms with E-state index in [4.69, 9.17) is 0 Å². The predicted octanol–water partition coefficient (Wildman–Crippen LogP) is 2.08. The van der Waals surface area contributed by atoms with E-state index in [0.717, 1.165) is 6.42 Å². The van der Waals surface area contributed by atoms with Gasteiger partial charge in [0.1, 0.15) is 0 Å². The molecule has 1 aliphatic carbocycles. The van der Waals surface area contributed by atoms with Gasteiger partial charge in [0.2, 0.25) is 0 Å². The first-order valence-corrected chi connectivity index (χ1v) is 2.55. The molecular weight excluding hydrogens is 132 g/mol. The fourth-order valence-corrected chi connectivity index (χ4v) is 0.650. The SMILES string of the molecule is CC1=[C-]CC=C1C.[Ti]. The van der Waals surface area contributed by atoms with Crippen LogP contribution in [0.5, 0.6) is 0 Å². The van der Waals surface area contributed by atoms with Gasteiger partial charge in [-0.1, -0.05) is 6.92 Å². The average Bonchev–Trinajstić information content (AvgIpc) is 1.91. The van der Waals surface area contributed by atoms with Crippen LogP contribution >= 0.6 is 0 Å². The maximum absolute atomic E-state index is 3.19. The van der Waals surface area contributed by atoms with E-state index < -0.39 is 0 Å². The Morgan fingerprint density at radius 2 is 2.12 bits per heavy atom. The monoisotopic (exact) mass is 141 g/mol. The minimum absolute atomic E-state index is 0. The van der Waals surface area contributed by atoms with Crippen molar-refractivity contribution in [1.82, 2.24) is 0 Å². The van der Waals surface area contributed by atoms with Gasteiger partial charge in [0.15, 0.2) is 0 Å². The van der Waals surface area contributed by atoms with Gasteiger partial charge >= 0.3 is 0 Å². The van der Waals surface area contributed by atoms with Gasteiger partial charge in [-0.2, -0.15) is 6.08 Å². The third-order valence-electron chi connectivity index (χ3n) is 1.37. The van der Waals surface area contributed by atoms with Crippen LogP contribution in [0.4, 0.5) is 0 Å². The van der Waals surface area contributed by atoms with E-state index in [-0.39, 0.29) is 21.7 Å². The molecule has 0 aromatic rings. The molecule has 0 amide bonds. The van der Waals surface area contributed by atoms with Crippen molar-refractivity contribution < 1.29 is 21.7 Å². The Kier molecular flexibility index (Phi) is 3.34. The topological polar surface area (TPSA) is 0 Å². The van der Waals surface area contributed by atoms with E-state index in [9.17, 15) is 0 Å². The van der Waals surface area contributed by atoms with E-state index in [0.29, 0.717) is 0 Å². The summed E-state index contributed by atoms with van der Waals surface area (Å²) in [7, 11) is 0. The van der Waals surface area contributed by atoms with Gasteiger partial charge in [0, 0.05) is 21.7 Å². The van der Waals surface area contributed by atoms with Crippen LogP contribution in [-0.2, 0) is 21.7 Å². The third kappa shape index (κ3) is 1.61. The molecule has 8 heavy (non-hydrogen) atoms. The van der Waals surface area contributed by atoms with Gasteiger partial charge in [-0.15, -0.1) is 13.3 Å². The molecule has 0 heterocycles. The molecule has 0 aromatic heterocycles. The molecule has 0 aromatic carbocycles. The van der Waals surface area contributed by atoms with Gasteiger partial charge in [0.25, 0.3) is 0 Å². The summed E-state index contributed by atoms with van der Waals surface area (Å²) < 4.78 is 0. The molecule has 1 heteroatoms. The molecule has 1 rings (SSSR count). The van der Waals surface area contributed by atoms with Crippen molar-refractivity contribution in [3.63, 3.8) is 0 Å². The molecule has 0 N–H and O–H groups in total. The Balaban J connectivity index is 0.000000490. The summed E-state index contributed by atoms with van der Waals surface area (Å²) in [6.07, 6.45) is 6.41. The van der Waals surface area contributed by atoms with Crippen LogP contribution in [0.15, 0.2) is 17.2 Å². The summed E-state index contributed by atoms with van der Waals surface area (Å²) in [4.78, 5) is 0. The summed E-state index contributed by atoms with van der Waals surface area (Å²) in [6.45, 7) is 4.22. The van der Waals surface area contributed by atoms with Crippen molar-refractivity contribution in [2.24, 2.45) is 0 Å². The molecule has 0 saturated carbocycles. The largest absolute Gasteiger partial charge is 0.270 e. The van der Waals surface area contributed by atoms with Crippen LogP contribution in [0.3, 0.4) is 0 Å². The molecule has 0 saturated heterocycles. The van der Waals surface area contributed by atoms with E-state index in [1.54, 1.807) is 0 Å². The van der Waals surface area contributed by atoms with Crippen molar-refractivity contribution in [2.75, 3.05) is 0 Å². The minimum atomic E-state index is 0. The molecule has 0 unspecified atom stereocenters. The van der Waals surface area contributed by atoms with E-state index in [2.05, 4.69) is 26.0 Å². The smallest absolute Gasteiger partial charge is 0 e. The van der Waals surface area contributed by atoms with Crippen LogP contribution in [0, 0.1) is 6.08 Å². The normalized spacial score (nSPS) is 16.8. The van der Waals surface area contributed by atoms with Gasteiger partial charge in [0.05, 0.1) is 0 Å². The molecule has 42 valence electrons. The van der Waals surface area contributed by atoms with Crippen molar-refractivity contribution >= 4 is 0 Å². The summed E-state index contributed by atoms with van der Waals surface area (Å²) in [6, 6.07) is 0. The zero-order valence-electron chi connectivity index (χ0n) is 5.28. The fraction of sp³-hybridized carbons (Fsp3) is 0.429. The molecule has 0 radical (unpaired) electrons. The van der Waals surface area contributed by atoms with Crippen molar-refractivity contribution in [3.8, 4) is 0 Å². The summed E-state index contributed by atoms with van der Waals surface area (Å²) in [5, 5.41) is 0. The van der Waals surface area contributed by atoms with Gasteiger partial charge < -0.3 is 0 Å². The quantitative estimate of drug-likeness (QED) is 0.358. The zero-order chi connectivity index (χ0) is 5.28. The molecule has 0 fully saturated rings. The van der Waals surface area contributed by atoms with Crippen molar-refractivity contribution in [1.29, 1.82) is 0 Å². The molecular formula is C7H9Ti-. The fourth-order valence-electron chi connectivity index (χ4n) is 0.650. The third-order valence-corrected chi connectivity index (χ3v) is 1.37. The summed E-state index contributed by atoms with van der Waals surface area (Å²) in [5.41, 5.74) is 2.71. The van der Waals surface area contributed by atoms with E-state index in [1.165, 1.54) is 11.1 Å². The molecule has 0 atom stereocenters. The zero-order valence-corrected chi connectivity index (χ0v) is 6.85. The van der Waals surface area contributed by atoms with Crippen molar-refractivity contribution in [2.45, 2.75) is 20.3 Å². The first kappa shape index (κ1) is 8.19. The van der Waals surface area contributed by atoms with Gasteiger partial charge in [-0.05, 0) is 0 Å². The Bertz CT molecular complexity index is 115.